The number of halogens is 3. The van der Waals surface area contributed by atoms with Gasteiger partial charge in [-0.15, -0.1) is 11.8 Å². The highest BCUT2D eigenvalue weighted by Crippen LogP contribution is 2.48. The Kier molecular flexibility index (Phi) is 7.00. The summed E-state index contributed by atoms with van der Waals surface area (Å²) in [6, 6.07) is 29.8. The maximum atomic E-state index is 12.4. The summed E-state index contributed by atoms with van der Waals surface area (Å²) in [6.07, 6.45) is -3.36. The number of carbonyl (C=O) groups is 1. The Labute approximate surface area is 177 Å². The van der Waals surface area contributed by atoms with E-state index in [4.69, 9.17) is 0 Å². The van der Waals surface area contributed by atoms with Gasteiger partial charge in [-0.2, -0.15) is 13.2 Å². The largest absolute Gasteiger partial charge is 0.471 e. The van der Waals surface area contributed by atoms with Gasteiger partial charge in [-0.05, 0) is 22.1 Å². The van der Waals surface area contributed by atoms with Gasteiger partial charge in [0.05, 0.1) is 4.75 Å². The predicted octanol–water partition coefficient (Wildman–Crippen LogP) is 5.90. The molecule has 0 radical (unpaired) electrons. The van der Waals surface area contributed by atoms with E-state index in [1.54, 1.807) is 5.41 Å². The van der Waals surface area contributed by atoms with E-state index < -0.39 is 16.8 Å². The van der Waals surface area contributed by atoms with Crippen molar-refractivity contribution in [3.63, 3.8) is 0 Å². The second-order valence-electron chi connectivity index (χ2n) is 6.48. The van der Waals surface area contributed by atoms with Crippen molar-refractivity contribution < 1.29 is 18.0 Å². The number of nitrogens with one attached hydrogen (secondary N) is 1. The Morgan fingerprint density at radius 3 is 1.53 bits per heavy atom. The number of amides is 1. The van der Waals surface area contributed by atoms with E-state index in [1.165, 1.54) is 17.8 Å². The first-order chi connectivity index (χ1) is 14.4. The Morgan fingerprint density at radius 1 is 0.767 bits per heavy atom. The average molecular weight is 427 g/mol. The highest BCUT2D eigenvalue weighted by Gasteiger charge is 2.38. The van der Waals surface area contributed by atoms with Gasteiger partial charge in [0.2, 0.25) is 0 Å². The van der Waals surface area contributed by atoms with E-state index in [2.05, 4.69) is 0 Å². The molecule has 0 saturated carbocycles. The molecule has 0 aliphatic rings. The van der Waals surface area contributed by atoms with Crippen LogP contribution in [0.2, 0.25) is 0 Å². The lowest BCUT2D eigenvalue weighted by molar-refractivity contribution is -0.173. The molecule has 3 aromatic rings. The van der Waals surface area contributed by atoms with Crippen LogP contribution in [0.15, 0.2) is 102 Å². The first-order valence-corrected chi connectivity index (χ1v) is 10.2. The van der Waals surface area contributed by atoms with Gasteiger partial charge in [0.15, 0.2) is 0 Å². The number of benzene rings is 3. The molecule has 0 heterocycles. The molecule has 0 aliphatic carbocycles. The molecule has 0 saturated heterocycles. The molecule has 2 nitrogen and oxygen atoms in total. The molecule has 6 heteroatoms. The van der Waals surface area contributed by atoms with Crippen LogP contribution in [0.3, 0.4) is 0 Å². The zero-order valence-corrected chi connectivity index (χ0v) is 16.8. The quantitative estimate of drug-likeness (QED) is 0.476. The molecule has 0 bridgehead atoms. The smallest absolute Gasteiger partial charge is 0.345 e. The summed E-state index contributed by atoms with van der Waals surface area (Å²) in [5, 5.41) is 3.60. The Bertz CT molecular complexity index is 877. The van der Waals surface area contributed by atoms with Gasteiger partial charge in [-0.3, -0.25) is 4.79 Å². The standard InChI is InChI=1S/C24H20F3NOS/c25-24(26,27)22(29)28-17-10-18-30-23(19-11-4-1-5-12-19,20-13-6-2-7-14-20)21-15-8-3-9-16-21/h1-16,18H,17H2,(H,28,29)/b18-10-. The van der Waals surface area contributed by atoms with Crippen molar-refractivity contribution in [2.45, 2.75) is 10.9 Å². The lowest BCUT2D eigenvalue weighted by Gasteiger charge is -2.34. The van der Waals surface area contributed by atoms with Crippen molar-refractivity contribution in [1.82, 2.24) is 5.32 Å². The number of carbonyl (C=O) groups excluding carboxylic acids is 1. The minimum absolute atomic E-state index is 0.209. The third-order valence-electron chi connectivity index (χ3n) is 4.52. The molecular formula is C24H20F3NOS. The fourth-order valence-electron chi connectivity index (χ4n) is 3.17. The van der Waals surface area contributed by atoms with Crippen molar-refractivity contribution in [2.24, 2.45) is 0 Å². The third kappa shape index (κ3) is 4.94. The Morgan fingerprint density at radius 2 is 1.17 bits per heavy atom. The van der Waals surface area contributed by atoms with Crippen LogP contribution in [0, 0.1) is 0 Å². The van der Waals surface area contributed by atoms with E-state index in [1.807, 2.05) is 96.3 Å². The minimum atomic E-state index is -4.89. The fraction of sp³-hybridized carbons (Fsp3) is 0.125. The third-order valence-corrected chi connectivity index (χ3v) is 5.91. The van der Waals surface area contributed by atoms with Crippen LogP contribution in [-0.4, -0.2) is 18.6 Å². The molecule has 0 aromatic heterocycles. The number of rotatable bonds is 7. The van der Waals surface area contributed by atoms with Crippen LogP contribution in [0.25, 0.3) is 0 Å². The van der Waals surface area contributed by atoms with Gasteiger partial charge in [-0.25, -0.2) is 0 Å². The summed E-state index contributed by atoms with van der Waals surface area (Å²) in [4.78, 5) is 11.0. The van der Waals surface area contributed by atoms with Crippen molar-refractivity contribution in [1.29, 1.82) is 0 Å². The molecule has 0 atom stereocenters. The van der Waals surface area contributed by atoms with E-state index in [0.717, 1.165) is 16.7 Å². The van der Waals surface area contributed by atoms with Crippen molar-refractivity contribution >= 4 is 17.7 Å². The molecule has 1 amide bonds. The van der Waals surface area contributed by atoms with E-state index in [9.17, 15) is 18.0 Å². The number of hydrogen-bond acceptors (Lipinski definition) is 2. The summed E-state index contributed by atoms with van der Waals surface area (Å²) >= 11 is 1.47. The normalized spacial score (nSPS) is 12.1. The van der Waals surface area contributed by atoms with Crippen LogP contribution >= 0.6 is 11.8 Å². The molecule has 0 aliphatic heterocycles. The first-order valence-electron chi connectivity index (χ1n) is 9.29. The van der Waals surface area contributed by atoms with Crippen LogP contribution < -0.4 is 5.32 Å². The molecular weight excluding hydrogens is 407 g/mol. The van der Waals surface area contributed by atoms with Gasteiger partial charge in [0.1, 0.15) is 0 Å². The molecule has 30 heavy (non-hydrogen) atoms. The Balaban J connectivity index is 1.98. The van der Waals surface area contributed by atoms with Crippen LogP contribution in [0.5, 0.6) is 0 Å². The maximum Gasteiger partial charge on any atom is 0.471 e. The minimum Gasteiger partial charge on any atom is -0.345 e. The van der Waals surface area contributed by atoms with Crippen molar-refractivity contribution in [3.8, 4) is 0 Å². The van der Waals surface area contributed by atoms with Crippen molar-refractivity contribution in [2.75, 3.05) is 6.54 Å². The topological polar surface area (TPSA) is 29.1 Å². The van der Waals surface area contributed by atoms with Gasteiger partial charge in [0.25, 0.3) is 0 Å². The van der Waals surface area contributed by atoms with Gasteiger partial charge < -0.3 is 5.32 Å². The number of hydrogen-bond donors (Lipinski definition) is 1. The van der Waals surface area contributed by atoms with Crippen LogP contribution in [0.1, 0.15) is 16.7 Å². The summed E-state index contributed by atoms with van der Waals surface area (Å²) in [6.45, 7) is -0.209. The average Bonchev–Trinajstić information content (AvgIpc) is 2.77. The molecule has 1 N–H and O–H groups in total. The van der Waals surface area contributed by atoms with E-state index >= 15 is 0 Å². The van der Waals surface area contributed by atoms with Gasteiger partial charge >= 0.3 is 12.1 Å². The number of thioether (sulfide) groups is 1. The summed E-state index contributed by atoms with van der Waals surface area (Å²) in [7, 11) is 0. The molecule has 3 aromatic carbocycles. The Hall–Kier alpha value is -2.99. The van der Waals surface area contributed by atoms with Gasteiger partial charge in [-0.1, -0.05) is 97.1 Å². The molecule has 0 fully saturated rings. The highest BCUT2D eigenvalue weighted by molar-refractivity contribution is 8.03. The lowest BCUT2D eigenvalue weighted by atomic mass is 9.84. The summed E-state index contributed by atoms with van der Waals surface area (Å²) in [5.41, 5.74) is 3.11. The monoisotopic (exact) mass is 427 g/mol. The van der Waals surface area contributed by atoms with Crippen LogP contribution in [-0.2, 0) is 9.54 Å². The molecule has 154 valence electrons. The molecule has 3 rings (SSSR count). The van der Waals surface area contributed by atoms with E-state index in [-0.39, 0.29) is 6.54 Å². The summed E-state index contributed by atoms with van der Waals surface area (Å²) in [5.74, 6) is -1.95. The zero-order valence-electron chi connectivity index (χ0n) is 16.0. The maximum absolute atomic E-state index is 12.4. The first kappa shape index (κ1) is 21.7. The van der Waals surface area contributed by atoms with Crippen molar-refractivity contribution in [3.05, 3.63) is 119 Å². The second kappa shape index (κ2) is 9.67. The predicted molar refractivity (Wildman–Crippen MR) is 115 cm³/mol. The molecule has 0 spiro atoms. The highest BCUT2D eigenvalue weighted by atomic mass is 32.2. The van der Waals surface area contributed by atoms with E-state index in [0.29, 0.717) is 0 Å². The fourth-order valence-corrected chi connectivity index (χ4v) is 4.39. The SMILES string of the molecule is O=C(NC/C=C\SC(c1ccccc1)(c1ccccc1)c1ccccc1)C(F)(F)F. The zero-order chi connectivity index (χ0) is 21.5. The second-order valence-corrected chi connectivity index (χ2v) is 7.60. The number of alkyl halides is 3. The van der Waals surface area contributed by atoms with Gasteiger partial charge in [0, 0.05) is 6.54 Å². The summed E-state index contributed by atoms with van der Waals surface area (Å²) < 4.78 is 36.5. The van der Waals surface area contributed by atoms with Crippen LogP contribution in [0.4, 0.5) is 13.2 Å². The molecule has 0 unspecified atom stereocenters. The lowest BCUT2D eigenvalue weighted by Crippen LogP contribution is -2.36.